The highest BCUT2D eigenvalue weighted by Crippen LogP contribution is 2.42. The maximum atomic E-state index is 5.80. The fourth-order valence-corrected chi connectivity index (χ4v) is 5.27. The van der Waals surface area contributed by atoms with Gasteiger partial charge in [-0.1, -0.05) is 24.3 Å². The van der Waals surface area contributed by atoms with Crippen LogP contribution in [-0.2, 0) is 6.42 Å². The van der Waals surface area contributed by atoms with Crippen LogP contribution in [0.25, 0.3) is 9.40 Å². The minimum atomic E-state index is 0.262. The van der Waals surface area contributed by atoms with Crippen LogP contribution in [-0.4, -0.2) is 0 Å². The van der Waals surface area contributed by atoms with Crippen molar-refractivity contribution in [3.63, 3.8) is 0 Å². The first kappa shape index (κ1) is 12.5. The van der Waals surface area contributed by atoms with Gasteiger partial charge in [0, 0.05) is 14.3 Å². The molecular weight excluding hydrogens is 284 g/mol. The quantitative estimate of drug-likeness (QED) is 0.560. The van der Waals surface area contributed by atoms with Crippen molar-refractivity contribution in [1.29, 1.82) is 0 Å². The molecule has 3 N–H and O–H groups in total. The maximum Gasteiger partial charge on any atom is 0.0559 e. The molecule has 0 saturated carbocycles. The van der Waals surface area contributed by atoms with Crippen LogP contribution in [0.1, 0.15) is 34.4 Å². The summed E-state index contributed by atoms with van der Waals surface area (Å²) in [4.78, 5) is 1.36. The highest BCUT2D eigenvalue weighted by atomic mass is 32.1. The molecule has 0 fully saturated rings. The average molecular weight is 300 g/mol. The fourth-order valence-electron chi connectivity index (χ4n) is 3.08. The zero-order valence-electron chi connectivity index (χ0n) is 11.0. The molecule has 0 aliphatic heterocycles. The SMILES string of the molecule is NNC(CC1Cc2ccccc21)c1cc2sccc2s1. The molecule has 1 aliphatic carbocycles. The van der Waals surface area contributed by atoms with Gasteiger partial charge in [0.25, 0.3) is 0 Å². The van der Waals surface area contributed by atoms with E-state index in [4.69, 9.17) is 5.84 Å². The van der Waals surface area contributed by atoms with E-state index in [2.05, 4.69) is 47.2 Å². The van der Waals surface area contributed by atoms with E-state index in [9.17, 15) is 0 Å². The van der Waals surface area contributed by atoms with Gasteiger partial charge >= 0.3 is 0 Å². The molecule has 102 valence electrons. The molecule has 2 atom stereocenters. The van der Waals surface area contributed by atoms with E-state index in [0.717, 1.165) is 6.42 Å². The number of hydrogen-bond donors (Lipinski definition) is 2. The molecule has 1 aromatic carbocycles. The van der Waals surface area contributed by atoms with Crippen molar-refractivity contribution in [1.82, 2.24) is 5.43 Å². The van der Waals surface area contributed by atoms with Gasteiger partial charge in [-0.2, -0.15) is 0 Å². The lowest BCUT2D eigenvalue weighted by Gasteiger charge is -2.32. The Morgan fingerprint density at radius 3 is 2.95 bits per heavy atom. The second kappa shape index (κ2) is 4.97. The van der Waals surface area contributed by atoms with Gasteiger partial charge in [-0.3, -0.25) is 11.3 Å². The minimum absolute atomic E-state index is 0.262. The second-order valence-electron chi connectivity index (χ2n) is 5.35. The van der Waals surface area contributed by atoms with Crippen molar-refractivity contribution >= 4 is 32.1 Å². The van der Waals surface area contributed by atoms with Gasteiger partial charge in [0.2, 0.25) is 0 Å². The van der Waals surface area contributed by atoms with E-state index in [-0.39, 0.29) is 6.04 Å². The highest BCUT2D eigenvalue weighted by molar-refractivity contribution is 7.26. The predicted octanol–water partition coefficient (Wildman–Crippen LogP) is 4.20. The zero-order chi connectivity index (χ0) is 13.5. The fraction of sp³-hybridized carbons (Fsp3) is 0.250. The molecule has 1 aliphatic rings. The molecule has 2 nitrogen and oxygen atoms in total. The van der Waals surface area contributed by atoms with Gasteiger partial charge in [0.15, 0.2) is 0 Å². The Hall–Kier alpha value is -1.20. The van der Waals surface area contributed by atoms with E-state index in [1.165, 1.54) is 31.8 Å². The van der Waals surface area contributed by atoms with Gasteiger partial charge in [-0.05, 0) is 47.4 Å². The number of nitrogens with one attached hydrogen (secondary N) is 1. The number of nitrogens with two attached hydrogens (primary N) is 1. The van der Waals surface area contributed by atoms with Crippen LogP contribution >= 0.6 is 22.7 Å². The van der Waals surface area contributed by atoms with Crippen molar-refractivity contribution in [2.24, 2.45) is 5.84 Å². The number of hydrogen-bond acceptors (Lipinski definition) is 4. The molecule has 0 spiro atoms. The molecule has 3 aromatic rings. The topological polar surface area (TPSA) is 38.0 Å². The number of hydrazine groups is 1. The molecule has 20 heavy (non-hydrogen) atoms. The third kappa shape index (κ3) is 2.00. The van der Waals surface area contributed by atoms with Crippen molar-refractivity contribution in [2.75, 3.05) is 0 Å². The Morgan fingerprint density at radius 2 is 2.15 bits per heavy atom. The van der Waals surface area contributed by atoms with Gasteiger partial charge in [-0.25, -0.2) is 0 Å². The lowest BCUT2D eigenvalue weighted by atomic mass is 9.74. The van der Waals surface area contributed by atoms with E-state index in [1.54, 1.807) is 11.3 Å². The lowest BCUT2D eigenvalue weighted by Crippen LogP contribution is -2.31. The first-order valence-electron chi connectivity index (χ1n) is 6.86. The highest BCUT2D eigenvalue weighted by Gasteiger charge is 2.28. The van der Waals surface area contributed by atoms with Crippen molar-refractivity contribution < 1.29 is 0 Å². The summed E-state index contributed by atoms with van der Waals surface area (Å²) in [6, 6.07) is 13.5. The smallest absolute Gasteiger partial charge is 0.0559 e. The summed E-state index contributed by atoms with van der Waals surface area (Å²) in [5.41, 5.74) is 6.02. The monoisotopic (exact) mass is 300 g/mol. The van der Waals surface area contributed by atoms with Crippen LogP contribution < -0.4 is 11.3 Å². The Labute approximate surface area is 126 Å². The summed E-state index contributed by atoms with van der Waals surface area (Å²) in [5.74, 6) is 6.45. The van der Waals surface area contributed by atoms with Crippen LogP contribution in [0.3, 0.4) is 0 Å². The molecule has 0 amide bonds. The van der Waals surface area contributed by atoms with Crippen molar-refractivity contribution in [2.45, 2.75) is 24.8 Å². The van der Waals surface area contributed by atoms with Gasteiger partial charge in [-0.15, -0.1) is 22.7 Å². The van der Waals surface area contributed by atoms with Crippen molar-refractivity contribution in [3.05, 3.63) is 57.8 Å². The van der Waals surface area contributed by atoms with Crippen LogP contribution in [0.5, 0.6) is 0 Å². The molecule has 2 unspecified atom stereocenters. The van der Waals surface area contributed by atoms with Crippen molar-refractivity contribution in [3.8, 4) is 0 Å². The predicted molar refractivity (Wildman–Crippen MR) is 87.3 cm³/mol. The Kier molecular flexibility index (Phi) is 3.11. The molecule has 4 heteroatoms. The molecular formula is C16H16N2S2. The summed E-state index contributed by atoms with van der Waals surface area (Å²) in [6.45, 7) is 0. The Morgan fingerprint density at radius 1 is 1.25 bits per heavy atom. The maximum absolute atomic E-state index is 5.80. The van der Waals surface area contributed by atoms with E-state index in [0.29, 0.717) is 5.92 Å². The summed E-state index contributed by atoms with van der Waals surface area (Å²) < 4.78 is 2.75. The standard InChI is InChI=1S/C16H16N2S2/c17-18-13(15-9-16-14(20-15)5-6-19-16)8-11-7-10-3-1-2-4-12(10)11/h1-6,9,11,13,18H,7-8,17H2. The number of benzene rings is 1. The normalized spacial score (nSPS) is 18.8. The summed E-state index contributed by atoms with van der Waals surface area (Å²) in [6.07, 6.45) is 2.27. The average Bonchev–Trinajstić information content (AvgIpc) is 3.01. The van der Waals surface area contributed by atoms with Crippen LogP contribution in [0, 0.1) is 0 Å². The largest absolute Gasteiger partial charge is 0.271 e. The molecule has 0 radical (unpaired) electrons. The third-order valence-corrected chi connectivity index (χ3v) is 6.39. The summed E-state index contributed by atoms with van der Waals surface area (Å²) >= 11 is 3.67. The van der Waals surface area contributed by atoms with Gasteiger partial charge < -0.3 is 0 Å². The van der Waals surface area contributed by atoms with E-state index < -0.39 is 0 Å². The third-order valence-electron chi connectivity index (χ3n) is 4.18. The Balaban J connectivity index is 1.56. The lowest BCUT2D eigenvalue weighted by molar-refractivity contribution is 0.440. The minimum Gasteiger partial charge on any atom is -0.271 e. The Bertz CT molecular complexity index is 715. The molecule has 2 heterocycles. The number of rotatable bonds is 4. The first-order chi connectivity index (χ1) is 9.85. The number of fused-ring (bicyclic) bond motifs is 2. The molecule has 4 rings (SSSR count). The zero-order valence-corrected chi connectivity index (χ0v) is 12.6. The van der Waals surface area contributed by atoms with E-state index >= 15 is 0 Å². The first-order valence-corrected chi connectivity index (χ1v) is 8.55. The van der Waals surface area contributed by atoms with E-state index in [1.807, 2.05) is 11.3 Å². The summed E-state index contributed by atoms with van der Waals surface area (Å²) in [7, 11) is 0. The molecule has 0 bridgehead atoms. The van der Waals surface area contributed by atoms with Gasteiger partial charge in [0.05, 0.1) is 6.04 Å². The molecule has 2 aromatic heterocycles. The van der Waals surface area contributed by atoms with Crippen LogP contribution in [0.4, 0.5) is 0 Å². The molecule has 0 saturated heterocycles. The van der Waals surface area contributed by atoms with Crippen LogP contribution in [0.15, 0.2) is 41.8 Å². The number of thiophene rings is 2. The van der Waals surface area contributed by atoms with Crippen LogP contribution in [0.2, 0.25) is 0 Å². The second-order valence-corrected chi connectivity index (χ2v) is 7.42. The van der Waals surface area contributed by atoms with Gasteiger partial charge in [0.1, 0.15) is 0 Å². The summed E-state index contributed by atoms with van der Waals surface area (Å²) in [5, 5.41) is 2.15.